The van der Waals surface area contributed by atoms with Crippen LogP contribution in [0.1, 0.15) is 29.0 Å². The maximum absolute atomic E-state index is 12.7. The van der Waals surface area contributed by atoms with Gasteiger partial charge in [-0.3, -0.25) is 9.69 Å². The van der Waals surface area contributed by atoms with E-state index in [1.165, 1.54) is 11.1 Å². The van der Waals surface area contributed by atoms with Crippen LogP contribution < -0.4 is 10.6 Å². The first-order valence-electron chi connectivity index (χ1n) is 11.2. The molecule has 3 aromatic rings. The van der Waals surface area contributed by atoms with Crippen LogP contribution in [-0.4, -0.2) is 43.0 Å². The topological polar surface area (TPSA) is 44.4 Å². The number of likely N-dealkylation sites (tertiary alicyclic amines) is 1. The smallest absolute Gasteiger partial charge is 0.237 e. The quantitative estimate of drug-likeness (QED) is 0.536. The predicted molar refractivity (Wildman–Crippen MR) is 131 cm³/mol. The molecule has 3 aromatic carbocycles. The number of nitrogens with one attached hydrogen (secondary N) is 2. The first kappa shape index (κ1) is 22.5. The molecule has 2 atom stereocenters. The van der Waals surface area contributed by atoms with Gasteiger partial charge in [-0.1, -0.05) is 84.4 Å². The average molecular weight is 448 g/mol. The van der Waals surface area contributed by atoms with E-state index < -0.39 is 0 Å². The molecule has 0 bridgehead atoms. The summed E-state index contributed by atoms with van der Waals surface area (Å²) < 4.78 is 0. The van der Waals surface area contributed by atoms with Crippen molar-refractivity contribution in [3.63, 3.8) is 0 Å². The van der Waals surface area contributed by atoms with E-state index in [1.807, 2.05) is 30.3 Å². The minimum Gasteiger partial charge on any atom is -0.358 e. The van der Waals surface area contributed by atoms with Crippen LogP contribution in [0.4, 0.5) is 0 Å². The summed E-state index contributed by atoms with van der Waals surface area (Å²) in [5.74, 6) is 0.285. The molecule has 1 fully saturated rings. The fourth-order valence-corrected chi connectivity index (χ4v) is 4.82. The molecule has 1 aliphatic rings. The third-order valence-corrected chi connectivity index (χ3v) is 6.49. The third kappa shape index (κ3) is 5.57. The van der Waals surface area contributed by atoms with Crippen LogP contribution in [0, 0.1) is 0 Å². The molecule has 1 heterocycles. The second-order valence-electron chi connectivity index (χ2n) is 8.40. The molecule has 2 N–H and O–H groups in total. The minimum absolute atomic E-state index is 0.0805. The molecule has 0 spiro atoms. The van der Waals surface area contributed by atoms with Gasteiger partial charge in [0.05, 0.1) is 6.04 Å². The Morgan fingerprint density at radius 2 is 1.66 bits per heavy atom. The molecule has 0 aliphatic carbocycles. The normalized spacial score (nSPS) is 18.7. The van der Waals surface area contributed by atoms with Gasteiger partial charge in [0.2, 0.25) is 5.91 Å². The Morgan fingerprint density at radius 1 is 1.00 bits per heavy atom. The fourth-order valence-electron chi connectivity index (χ4n) is 4.61. The van der Waals surface area contributed by atoms with Crippen molar-refractivity contribution >= 4 is 17.5 Å². The van der Waals surface area contributed by atoms with Crippen LogP contribution in [0.25, 0.3) is 0 Å². The first-order chi connectivity index (χ1) is 15.6. The van der Waals surface area contributed by atoms with Crippen LogP contribution in [0.15, 0.2) is 84.9 Å². The monoisotopic (exact) mass is 447 g/mol. The van der Waals surface area contributed by atoms with Crippen molar-refractivity contribution in [1.29, 1.82) is 0 Å². The van der Waals surface area contributed by atoms with Crippen LogP contribution in [0.3, 0.4) is 0 Å². The molecule has 1 saturated heterocycles. The Hall–Kier alpha value is -2.66. The van der Waals surface area contributed by atoms with Crippen LogP contribution in [-0.2, 0) is 11.3 Å². The van der Waals surface area contributed by atoms with Gasteiger partial charge in [0, 0.05) is 43.7 Å². The van der Waals surface area contributed by atoms with E-state index >= 15 is 0 Å². The second-order valence-corrected chi connectivity index (χ2v) is 8.84. The number of carbonyl (C=O) groups is 1. The Bertz CT molecular complexity index is 972. The van der Waals surface area contributed by atoms with E-state index in [-0.39, 0.29) is 23.9 Å². The van der Waals surface area contributed by atoms with Crippen molar-refractivity contribution in [1.82, 2.24) is 15.5 Å². The van der Waals surface area contributed by atoms with Crippen LogP contribution in [0.5, 0.6) is 0 Å². The van der Waals surface area contributed by atoms with Gasteiger partial charge >= 0.3 is 0 Å². The molecular formula is C27H30ClN3O. The molecule has 0 aromatic heterocycles. The fraction of sp³-hybridized carbons (Fsp3) is 0.296. The zero-order valence-electron chi connectivity index (χ0n) is 18.4. The van der Waals surface area contributed by atoms with Crippen LogP contribution >= 0.6 is 11.6 Å². The highest BCUT2D eigenvalue weighted by atomic mass is 35.5. The molecule has 4 nitrogen and oxygen atoms in total. The average Bonchev–Trinajstić information content (AvgIpc) is 3.25. The van der Waals surface area contributed by atoms with Gasteiger partial charge in [-0.2, -0.15) is 0 Å². The lowest BCUT2D eigenvalue weighted by Crippen LogP contribution is -2.43. The lowest BCUT2D eigenvalue weighted by atomic mass is 9.90. The Kier molecular flexibility index (Phi) is 7.59. The number of hydrogen-bond acceptors (Lipinski definition) is 3. The third-order valence-electron chi connectivity index (χ3n) is 6.26. The number of likely N-dealkylation sites (N-methyl/N-ethyl adjacent to an activating group) is 1. The summed E-state index contributed by atoms with van der Waals surface area (Å²) in [4.78, 5) is 15.1. The van der Waals surface area contributed by atoms with Crippen molar-refractivity contribution in [2.24, 2.45) is 0 Å². The van der Waals surface area contributed by atoms with E-state index in [4.69, 9.17) is 11.6 Å². The Morgan fingerprint density at radius 3 is 2.25 bits per heavy atom. The lowest BCUT2D eigenvalue weighted by Gasteiger charge is -2.28. The maximum Gasteiger partial charge on any atom is 0.237 e. The van der Waals surface area contributed by atoms with Gasteiger partial charge in [0.15, 0.2) is 0 Å². The van der Waals surface area contributed by atoms with E-state index in [2.05, 4.69) is 70.1 Å². The van der Waals surface area contributed by atoms with Gasteiger partial charge in [-0.15, -0.1) is 0 Å². The van der Waals surface area contributed by atoms with Crippen molar-refractivity contribution in [2.45, 2.75) is 31.0 Å². The molecule has 0 unspecified atom stereocenters. The number of carbonyl (C=O) groups excluding carboxylic acids is 1. The number of halogens is 1. The molecule has 0 saturated carbocycles. The van der Waals surface area contributed by atoms with Gasteiger partial charge in [0.1, 0.15) is 0 Å². The zero-order valence-corrected chi connectivity index (χ0v) is 19.1. The summed E-state index contributed by atoms with van der Waals surface area (Å²) in [6.07, 6.45) is 0.788. The van der Waals surface area contributed by atoms with Crippen molar-refractivity contribution in [2.75, 3.05) is 20.1 Å². The maximum atomic E-state index is 12.7. The standard InChI is InChI=1S/C27H30ClN3O/c1-29-27(32)26-16-24(30-17-20-9-8-14-23(28)15-20)18-31(26)19-25(21-10-4-2-5-11-21)22-12-6-3-7-13-22/h2-15,24-26,30H,16-19H2,1H3,(H,29,32)/t24-,26-/m0/s1. The summed E-state index contributed by atoms with van der Waals surface area (Å²) in [6, 6.07) is 29.1. The summed E-state index contributed by atoms with van der Waals surface area (Å²) in [5.41, 5.74) is 3.69. The highest BCUT2D eigenvalue weighted by Crippen LogP contribution is 2.29. The number of rotatable bonds is 8. The van der Waals surface area contributed by atoms with Crippen molar-refractivity contribution in [3.8, 4) is 0 Å². The van der Waals surface area contributed by atoms with Gasteiger partial charge in [-0.25, -0.2) is 0 Å². The van der Waals surface area contributed by atoms with Crippen molar-refractivity contribution in [3.05, 3.63) is 107 Å². The SMILES string of the molecule is CNC(=O)[C@@H]1C[C@H](NCc2cccc(Cl)c2)CN1CC(c1ccccc1)c1ccccc1. The molecule has 5 heteroatoms. The zero-order chi connectivity index (χ0) is 22.3. The molecule has 1 aliphatic heterocycles. The Balaban J connectivity index is 1.51. The number of nitrogens with zero attached hydrogens (tertiary/aromatic N) is 1. The first-order valence-corrected chi connectivity index (χ1v) is 11.5. The summed E-state index contributed by atoms with van der Waals surface area (Å²) in [7, 11) is 1.72. The lowest BCUT2D eigenvalue weighted by molar-refractivity contribution is -0.125. The van der Waals surface area contributed by atoms with Gasteiger partial charge in [0.25, 0.3) is 0 Å². The van der Waals surface area contributed by atoms with E-state index in [0.717, 1.165) is 36.6 Å². The molecule has 166 valence electrons. The molecule has 4 rings (SSSR count). The van der Waals surface area contributed by atoms with Crippen molar-refractivity contribution < 1.29 is 4.79 Å². The summed E-state index contributed by atoms with van der Waals surface area (Å²) in [6.45, 7) is 2.36. The summed E-state index contributed by atoms with van der Waals surface area (Å²) >= 11 is 6.13. The highest BCUT2D eigenvalue weighted by molar-refractivity contribution is 6.30. The Labute approximate surface area is 195 Å². The van der Waals surface area contributed by atoms with Gasteiger partial charge < -0.3 is 10.6 Å². The molecule has 32 heavy (non-hydrogen) atoms. The summed E-state index contributed by atoms with van der Waals surface area (Å²) in [5, 5.41) is 7.25. The molecule has 1 amide bonds. The molecule has 0 radical (unpaired) electrons. The molecular weight excluding hydrogens is 418 g/mol. The van der Waals surface area contributed by atoms with Gasteiger partial charge in [-0.05, 0) is 35.2 Å². The predicted octanol–water partition coefficient (Wildman–Crippen LogP) is 4.45. The number of amides is 1. The second kappa shape index (κ2) is 10.8. The number of hydrogen-bond donors (Lipinski definition) is 2. The van der Waals surface area contributed by atoms with E-state index in [9.17, 15) is 4.79 Å². The van der Waals surface area contributed by atoms with E-state index in [1.54, 1.807) is 7.05 Å². The van der Waals surface area contributed by atoms with Crippen LogP contribution in [0.2, 0.25) is 5.02 Å². The van der Waals surface area contributed by atoms with E-state index in [0.29, 0.717) is 0 Å². The largest absolute Gasteiger partial charge is 0.358 e. The number of benzene rings is 3. The minimum atomic E-state index is -0.146. The highest BCUT2D eigenvalue weighted by Gasteiger charge is 2.37.